The van der Waals surface area contributed by atoms with Crippen LogP contribution >= 0.6 is 10.3 Å². The molecule has 86 valence electrons. The van der Waals surface area contributed by atoms with Crippen LogP contribution in [0.5, 0.6) is 0 Å². The number of hydrogen-bond acceptors (Lipinski definition) is 3. The summed E-state index contributed by atoms with van der Waals surface area (Å²) in [5.74, 6) is -0.0574. The van der Waals surface area contributed by atoms with Crippen LogP contribution in [-0.4, -0.2) is 27.2 Å². The molecule has 5 heteroatoms. The monoisotopic (exact) mass is 248 g/mol. The van der Waals surface area contributed by atoms with Crippen LogP contribution in [0, 0.1) is 0 Å². The van der Waals surface area contributed by atoms with E-state index in [-0.39, 0.29) is 5.75 Å². The summed E-state index contributed by atoms with van der Waals surface area (Å²) in [6, 6.07) is 9.04. The molecule has 1 rings (SSSR count). The lowest BCUT2D eigenvalue weighted by atomic mass is 10.2. The standard InChI is InChI=1S/C10H16O3S2/c1-14(2,3)13-15(11,12)9-10-7-5-4-6-8-10/h4-8H,9H2,1-3H3. The van der Waals surface area contributed by atoms with E-state index in [9.17, 15) is 8.42 Å². The van der Waals surface area contributed by atoms with Crippen LogP contribution < -0.4 is 0 Å². The maximum absolute atomic E-state index is 11.6. The van der Waals surface area contributed by atoms with Gasteiger partial charge in [0.1, 0.15) is 5.75 Å². The molecule has 3 nitrogen and oxygen atoms in total. The van der Waals surface area contributed by atoms with Gasteiger partial charge in [0.25, 0.3) is 10.1 Å². The van der Waals surface area contributed by atoms with E-state index in [2.05, 4.69) is 0 Å². The summed E-state index contributed by atoms with van der Waals surface area (Å²) in [7, 11) is -4.95. The molecule has 0 atom stereocenters. The molecule has 0 aromatic heterocycles. The van der Waals surface area contributed by atoms with Crippen molar-refractivity contribution in [2.45, 2.75) is 5.75 Å². The highest BCUT2D eigenvalue weighted by atomic mass is 32.3. The largest absolute Gasteiger partial charge is 0.280 e. The fraction of sp³-hybridized carbons (Fsp3) is 0.400. The molecule has 0 amide bonds. The molecular weight excluding hydrogens is 232 g/mol. The Morgan fingerprint density at radius 3 is 2.07 bits per heavy atom. The van der Waals surface area contributed by atoms with Crippen molar-refractivity contribution < 1.29 is 12.0 Å². The Labute approximate surface area is 93.1 Å². The van der Waals surface area contributed by atoms with Crippen molar-refractivity contribution in [1.29, 1.82) is 0 Å². The molecule has 15 heavy (non-hydrogen) atoms. The Balaban J connectivity index is 2.74. The van der Waals surface area contributed by atoms with Crippen molar-refractivity contribution >= 4 is 20.4 Å². The van der Waals surface area contributed by atoms with E-state index in [1.807, 2.05) is 18.2 Å². The fourth-order valence-corrected chi connectivity index (χ4v) is 4.39. The summed E-state index contributed by atoms with van der Waals surface area (Å²) in [4.78, 5) is 0. The third kappa shape index (κ3) is 5.20. The summed E-state index contributed by atoms with van der Waals surface area (Å²) in [5, 5.41) is 0. The topological polar surface area (TPSA) is 43.4 Å². The van der Waals surface area contributed by atoms with Crippen molar-refractivity contribution in [2.75, 3.05) is 18.8 Å². The number of hydrogen-bond donors (Lipinski definition) is 0. The van der Waals surface area contributed by atoms with Gasteiger partial charge in [-0.3, -0.25) is 0 Å². The first kappa shape index (κ1) is 12.5. The van der Waals surface area contributed by atoms with E-state index < -0.39 is 20.4 Å². The average Bonchev–Trinajstić information content (AvgIpc) is 1.99. The summed E-state index contributed by atoms with van der Waals surface area (Å²) in [5.41, 5.74) is 0.751. The molecule has 0 aliphatic rings. The fourth-order valence-electron chi connectivity index (χ4n) is 1.11. The number of rotatable bonds is 4. The van der Waals surface area contributed by atoms with Gasteiger partial charge in [-0.2, -0.15) is 8.42 Å². The number of benzene rings is 1. The minimum Gasteiger partial charge on any atom is -0.221 e. The molecule has 0 radical (unpaired) electrons. The van der Waals surface area contributed by atoms with Crippen LogP contribution in [0.4, 0.5) is 0 Å². The van der Waals surface area contributed by atoms with E-state index in [0.717, 1.165) is 5.56 Å². The molecule has 0 spiro atoms. The summed E-state index contributed by atoms with van der Waals surface area (Å²) < 4.78 is 28.3. The molecule has 0 aliphatic carbocycles. The first-order chi connectivity index (χ1) is 6.79. The molecule has 0 bridgehead atoms. The molecule has 0 aliphatic heterocycles. The zero-order valence-corrected chi connectivity index (χ0v) is 10.8. The van der Waals surface area contributed by atoms with Crippen LogP contribution in [0.15, 0.2) is 30.3 Å². The maximum Gasteiger partial charge on any atom is 0.280 e. The Morgan fingerprint density at radius 2 is 1.60 bits per heavy atom. The molecule has 0 heterocycles. The Morgan fingerprint density at radius 1 is 1.07 bits per heavy atom. The molecule has 0 unspecified atom stereocenters. The lowest BCUT2D eigenvalue weighted by molar-refractivity contribution is 0.512. The van der Waals surface area contributed by atoms with E-state index in [1.54, 1.807) is 30.9 Å². The first-order valence-corrected chi connectivity index (χ1v) is 8.80. The van der Waals surface area contributed by atoms with E-state index in [1.165, 1.54) is 0 Å². The van der Waals surface area contributed by atoms with E-state index in [4.69, 9.17) is 3.63 Å². The van der Waals surface area contributed by atoms with Gasteiger partial charge in [-0.25, -0.2) is 3.63 Å². The Hall–Kier alpha value is -0.520. The van der Waals surface area contributed by atoms with Crippen molar-refractivity contribution in [2.24, 2.45) is 0 Å². The quantitative estimate of drug-likeness (QED) is 0.820. The van der Waals surface area contributed by atoms with Gasteiger partial charge < -0.3 is 0 Å². The second-order valence-corrected chi connectivity index (χ2v) is 9.38. The van der Waals surface area contributed by atoms with Gasteiger partial charge in [0.2, 0.25) is 0 Å². The van der Waals surface area contributed by atoms with Crippen LogP contribution in [0.2, 0.25) is 0 Å². The smallest absolute Gasteiger partial charge is 0.221 e. The highest BCUT2D eigenvalue weighted by Gasteiger charge is 2.18. The van der Waals surface area contributed by atoms with Gasteiger partial charge in [0.15, 0.2) is 0 Å². The van der Waals surface area contributed by atoms with Crippen molar-refractivity contribution in [3.63, 3.8) is 0 Å². The van der Waals surface area contributed by atoms with Crippen molar-refractivity contribution in [3.05, 3.63) is 35.9 Å². The normalized spacial score (nSPS) is 13.8. The molecular formula is C10H16O3S2. The highest BCUT2D eigenvalue weighted by Crippen LogP contribution is 2.38. The van der Waals surface area contributed by atoms with Crippen molar-refractivity contribution in [3.8, 4) is 0 Å². The maximum atomic E-state index is 11.6. The van der Waals surface area contributed by atoms with Gasteiger partial charge in [-0.05, 0) is 24.3 Å². The summed E-state index contributed by atoms with van der Waals surface area (Å²) in [6.45, 7) is 0. The molecule has 0 N–H and O–H groups in total. The zero-order chi connectivity index (χ0) is 11.5. The SMILES string of the molecule is CS(C)(C)OS(=O)(=O)Cc1ccccc1. The van der Waals surface area contributed by atoms with Crippen LogP contribution in [0.1, 0.15) is 5.56 Å². The van der Waals surface area contributed by atoms with Gasteiger partial charge >= 0.3 is 0 Å². The van der Waals surface area contributed by atoms with Gasteiger partial charge in [0.05, 0.1) is 0 Å². The lowest BCUT2D eigenvalue weighted by Gasteiger charge is -2.23. The van der Waals surface area contributed by atoms with E-state index in [0.29, 0.717) is 0 Å². The van der Waals surface area contributed by atoms with Crippen molar-refractivity contribution in [1.82, 2.24) is 0 Å². The lowest BCUT2D eigenvalue weighted by Crippen LogP contribution is -2.11. The zero-order valence-electron chi connectivity index (χ0n) is 9.14. The third-order valence-corrected chi connectivity index (χ3v) is 4.64. The minimum absolute atomic E-state index is 0.0574. The third-order valence-electron chi connectivity index (χ3n) is 1.49. The van der Waals surface area contributed by atoms with Crippen LogP contribution in [0.3, 0.4) is 0 Å². The Bertz CT molecular complexity index is 404. The molecule has 0 saturated carbocycles. The Kier molecular flexibility index (Phi) is 3.81. The predicted octanol–water partition coefficient (Wildman–Crippen LogP) is 2.14. The summed E-state index contributed by atoms with van der Waals surface area (Å²) >= 11 is 0. The average molecular weight is 248 g/mol. The molecule has 1 aromatic carbocycles. The molecule has 0 fully saturated rings. The summed E-state index contributed by atoms with van der Waals surface area (Å²) in [6.07, 6.45) is 5.40. The minimum atomic E-state index is -3.46. The second kappa shape index (κ2) is 4.55. The van der Waals surface area contributed by atoms with Gasteiger partial charge in [-0.15, -0.1) is 10.3 Å². The highest BCUT2D eigenvalue weighted by molar-refractivity contribution is 8.31. The molecule has 0 saturated heterocycles. The van der Waals surface area contributed by atoms with E-state index >= 15 is 0 Å². The second-order valence-electron chi connectivity index (χ2n) is 3.98. The predicted molar refractivity (Wildman–Crippen MR) is 65.5 cm³/mol. The first-order valence-electron chi connectivity index (χ1n) is 4.44. The van der Waals surface area contributed by atoms with Gasteiger partial charge in [0, 0.05) is 0 Å². The van der Waals surface area contributed by atoms with Crippen LogP contribution in [-0.2, 0) is 19.5 Å². The molecule has 1 aromatic rings. The van der Waals surface area contributed by atoms with Crippen LogP contribution in [0.25, 0.3) is 0 Å². The van der Waals surface area contributed by atoms with Gasteiger partial charge in [-0.1, -0.05) is 30.3 Å².